The van der Waals surface area contributed by atoms with Gasteiger partial charge in [0.25, 0.3) is 0 Å². The summed E-state index contributed by atoms with van der Waals surface area (Å²) in [5.74, 6) is -2.65. The fourth-order valence-corrected chi connectivity index (χ4v) is 5.47. The number of fused-ring (bicyclic) bond motifs is 2. The Morgan fingerprint density at radius 1 is 1.03 bits per heavy atom. The standard InChI is InChI=1S/C22H25ClN2O2S.C4H4O4/c1-2-27-22(26)15-24-9-11-25(12-10-24)19-13-16-5-3-4-6-20(16)28-21-8-7-17(23)14-18(19)21;5-3(6)1-2-4(7)8/h3-8,14,19H,2,9-13,15H2,1H3;1-2H,(H,5,6)(H,7,8)/b;2-1+. The van der Waals surface area contributed by atoms with E-state index in [1.165, 1.54) is 20.9 Å². The van der Waals surface area contributed by atoms with Gasteiger partial charge in [0.1, 0.15) is 0 Å². The highest BCUT2D eigenvalue weighted by atomic mass is 35.5. The van der Waals surface area contributed by atoms with Gasteiger partial charge >= 0.3 is 17.9 Å². The molecule has 1 atom stereocenters. The summed E-state index contributed by atoms with van der Waals surface area (Å²) < 4.78 is 5.09. The van der Waals surface area contributed by atoms with Crippen LogP contribution in [0.25, 0.3) is 0 Å². The maximum atomic E-state index is 11.8. The maximum absolute atomic E-state index is 11.8. The third kappa shape index (κ3) is 8.09. The highest BCUT2D eigenvalue weighted by molar-refractivity contribution is 7.99. The average Bonchev–Trinajstić information content (AvgIpc) is 3.00. The van der Waals surface area contributed by atoms with E-state index in [1.807, 2.05) is 24.8 Å². The fraction of sp³-hybridized carbons (Fsp3) is 0.346. The van der Waals surface area contributed by atoms with Crippen molar-refractivity contribution in [3.05, 3.63) is 70.8 Å². The number of nitrogens with zero attached hydrogens (tertiary/aromatic N) is 2. The summed E-state index contributed by atoms with van der Waals surface area (Å²) in [6, 6.07) is 15.2. The van der Waals surface area contributed by atoms with E-state index in [4.69, 9.17) is 26.6 Å². The maximum Gasteiger partial charge on any atom is 0.328 e. The Morgan fingerprint density at radius 3 is 2.33 bits per heavy atom. The fourth-order valence-electron chi connectivity index (χ4n) is 4.17. The van der Waals surface area contributed by atoms with Gasteiger partial charge in [-0.15, -0.1) is 0 Å². The van der Waals surface area contributed by atoms with Crippen molar-refractivity contribution in [2.75, 3.05) is 39.3 Å². The molecule has 2 aliphatic heterocycles. The zero-order chi connectivity index (χ0) is 26.1. The highest BCUT2D eigenvalue weighted by Gasteiger charge is 2.30. The molecule has 0 aromatic heterocycles. The Balaban J connectivity index is 0.000000392. The Morgan fingerprint density at radius 2 is 1.69 bits per heavy atom. The molecule has 1 fully saturated rings. The molecular formula is C26H29ClN2O6S. The van der Waals surface area contributed by atoms with Crippen LogP contribution in [0.3, 0.4) is 0 Å². The van der Waals surface area contributed by atoms with Crippen LogP contribution in [-0.4, -0.2) is 77.3 Å². The van der Waals surface area contributed by atoms with Gasteiger partial charge in [-0.2, -0.15) is 0 Å². The van der Waals surface area contributed by atoms with Gasteiger partial charge in [-0.05, 0) is 48.7 Å². The van der Waals surface area contributed by atoms with Crippen molar-refractivity contribution in [2.45, 2.75) is 29.2 Å². The van der Waals surface area contributed by atoms with E-state index in [0.717, 1.165) is 37.6 Å². The SMILES string of the molecule is CCOC(=O)CN1CCN(C2Cc3ccccc3Sc3ccc(Cl)cc32)CC1.O=C(O)/C=C/C(=O)O. The van der Waals surface area contributed by atoms with Gasteiger partial charge in [-0.25, -0.2) is 9.59 Å². The molecule has 0 saturated carbocycles. The summed E-state index contributed by atoms with van der Waals surface area (Å²) in [4.78, 5) is 38.2. The second-order valence-electron chi connectivity index (χ2n) is 8.24. The first-order chi connectivity index (χ1) is 17.3. The summed E-state index contributed by atoms with van der Waals surface area (Å²) >= 11 is 8.21. The molecule has 2 N–H and O–H groups in total. The topological polar surface area (TPSA) is 107 Å². The van der Waals surface area contributed by atoms with Gasteiger partial charge < -0.3 is 14.9 Å². The number of carboxylic acid groups (broad SMARTS) is 2. The number of carboxylic acids is 2. The van der Waals surface area contributed by atoms with Gasteiger partial charge in [0.2, 0.25) is 0 Å². The molecule has 4 rings (SSSR count). The summed E-state index contributed by atoms with van der Waals surface area (Å²) in [7, 11) is 0. The van der Waals surface area contributed by atoms with Crippen molar-refractivity contribution in [3.8, 4) is 0 Å². The molecule has 2 heterocycles. The molecule has 0 amide bonds. The molecule has 36 heavy (non-hydrogen) atoms. The van der Waals surface area contributed by atoms with Crippen LogP contribution in [0.4, 0.5) is 0 Å². The molecule has 2 aromatic carbocycles. The molecule has 2 aromatic rings. The monoisotopic (exact) mass is 532 g/mol. The minimum Gasteiger partial charge on any atom is -0.478 e. The lowest BCUT2D eigenvalue weighted by Gasteiger charge is -2.39. The molecule has 0 spiro atoms. The van der Waals surface area contributed by atoms with Crippen LogP contribution in [-0.2, 0) is 25.5 Å². The predicted molar refractivity (Wildman–Crippen MR) is 138 cm³/mol. The summed E-state index contributed by atoms with van der Waals surface area (Å²) in [6.07, 6.45) is 2.10. The summed E-state index contributed by atoms with van der Waals surface area (Å²) in [5, 5.41) is 16.4. The minimum absolute atomic E-state index is 0.132. The Kier molecular flexibility index (Phi) is 10.4. The quantitative estimate of drug-likeness (QED) is 0.422. The number of carbonyl (C=O) groups excluding carboxylic acids is 1. The van der Waals surface area contributed by atoms with Crippen LogP contribution in [0, 0.1) is 0 Å². The first-order valence-electron chi connectivity index (χ1n) is 11.6. The normalized spacial score (nSPS) is 17.8. The number of hydrogen-bond donors (Lipinski definition) is 2. The zero-order valence-corrected chi connectivity index (χ0v) is 21.5. The van der Waals surface area contributed by atoms with E-state index in [2.05, 4.69) is 46.2 Å². The lowest BCUT2D eigenvalue weighted by Crippen LogP contribution is -2.49. The average molecular weight is 533 g/mol. The zero-order valence-electron chi connectivity index (χ0n) is 19.9. The van der Waals surface area contributed by atoms with Crippen LogP contribution in [0.1, 0.15) is 24.1 Å². The lowest BCUT2D eigenvalue weighted by molar-refractivity contribution is -0.145. The first-order valence-corrected chi connectivity index (χ1v) is 12.8. The summed E-state index contributed by atoms with van der Waals surface area (Å²) in [5.41, 5.74) is 2.70. The molecule has 10 heteroatoms. The van der Waals surface area contributed by atoms with Gasteiger partial charge in [-0.3, -0.25) is 14.6 Å². The Bertz CT molecular complexity index is 1100. The number of hydrogen-bond acceptors (Lipinski definition) is 7. The van der Waals surface area contributed by atoms with Crippen molar-refractivity contribution in [1.82, 2.24) is 9.80 Å². The smallest absolute Gasteiger partial charge is 0.328 e. The third-order valence-corrected chi connectivity index (χ3v) is 7.26. The molecular weight excluding hydrogens is 504 g/mol. The molecule has 0 aliphatic carbocycles. The van der Waals surface area contributed by atoms with Gasteiger partial charge in [0.15, 0.2) is 0 Å². The third-order valence-electron chi connectivity index (χ3n) is 5.81. The molecule has 192 valence electrons. The van der Waals surface area contributed by atoms with Crippen molar-refractivity contribution < 1.29 is 29.3 Å². The van der Waals surface area contributed by atoms with Crippen LogP contribution in [0.2, 0.25) is 5.02 Å². The van der Waals surface area contributed by atoms with E-state index in [-0.39, 0.29) is 5.97 Å². The largest absolute Gasteiger partial charge is 0.478 e. The van der Waals surface area contributed by atoms with E-state index in [0.29, 0.717) is 31.3 Å². The number of benzene rings is 2. The molecule has 0 bridgehead atoms. The molecule has 2 aliphatic rings. The van der Waals surface area contributed by atoms with Crippen LogP contribution < -0.4 is 0 Å². The number of piperazine rings is 1. The number of esters is 1. The second kappa shape index (κ2) is 13.5. The highest BCUT2D eigenvalue weighted by Crippen LogP contribution is 2.43. The van der Waals surface area contributed by atoms with E-state index in [9.17, 15) is 14.4 Å². The van der Waals surface area contributed by atoms with Gasteiger partial charge in [-0.1, -0.05) is 41.6 Å². The molecule has 8 nitrogen and oxygen atoms in total. The number of aliphatic carboxylic acids is 2. The number of rotatable bonds is 6. The number of halogens is 1. The van der Waals surface area contributed by atoms with E-state index < -0.39 is 11.9 Å². The predicted octanol–water partition coefficient (Wildman–Crippen LogP) is 3.98. The van der Waals surface area contributed by atoms with Crippen LogP contribution in [0.15, 0.2) is 64.4 Å². The molecule has 1 unspecified atom stereocenters. The minimum atomic E-state index is -1.26. The first kappa shape index (κ1) is 27.7. The van der Waals surface area contributed by atoms with Gasteiger partial charge in [0.05, 0.1) is 13.2 Å². The number of carbonyl (C=O) groups is 3. The van der Waals surface area contributed by atoms with Gasteiger partial charge in [0, 0.05) is 59.2 Å². The Labute approximate surface area is 219 Å². The number of ether oxygens (including phenoxy) is 1. The van der Waals surface area contributed by atoms with E-state index >= 15 is 0 Å². The van der Waals surface area contributed by atoms with Crippen molar-refractivity contribution in [2.24, 2.45) is 0 Å². The molecule has 1 saturated heterocycles. The van der Waals surface area contributed by atoms with Crippen molar-refractivity contribution >= 4 is 41.3 Å². The Hall–Kier alpha value is -2.85. The van der Waals surface area contributed by atoms with Crippen LogP contribution in [0.5, 0.6) is 0 Å². The lowest BCUT2D eigenvalue weighted by atomic mass is 9.96. The van der Waals surface area contributed by atoms with Crippen molar-refractivity contribution in [3.63, 3.8) is 0 Å². The van der Waals surface area contributed by atoms with Crippen LogP contribution >= 0.6 is 23.4 Å². The van der Waals surface area contributed by atoms with E-state index in [1.54, 1.807) is 0 Å². The van der Waals surface area contributed by atoms with Crippen molar-refractivity contribution in [1.29, 1.82) is 0 Å². The summed E-state index contributed by atoms with van der Waals surface area (Å²) in [6.45, 7) is 6.29. The molecule has 0 radical (unpaired) electrons. The second-order valence-corrected chi connectivity index (χ2v) is 9.76.